The third kappa shape index (κ3) is 4.00. The first kappa shape index (κ1) is 12.0. The van der Waals surface area contributed by atoms with Crippen molar-refractivity contribution in [2.45, 2.75) is 70.8 Å². The van der Waals surface area contributed by atoms with Gasteiger partial charge in [-0.2, -0.15) is 0 Å². The molecular weight excluding hydrogens is 170 g/mol. The van der Waals surface area contributed by atoms with Crippen molar-refractivity contribution >= 4 is 0 Å². The van der Waals surface area contributed by atoms with Gasteiger partial charge in [-0.05, 0) is 32.2 Å². The van der Waals surface area contributed by atoms with Crippen LogP contribution in [0.4, 0.5) is 0 Å². The van der Waals surface area contributed by atoms with Gasteiger partial charge in [-0.1, -0.05) is 45.4 Å². The number of unbranched alkanes of at least 4 members (excludes halogenated alkanes) is 2. The van der Waals surface area contributed by atoms with E-state index < -0.39 is 0 Å². The molecule has 0 radical (unpaired) electrons. The van der Waals surface area contributed by atoms with E-state index >= 15 is 0 Å². The van der Waals surface area contributed by atoms with E-state index in [4.69, 9.17) is 0 Å². The third-order valence-electron chi connectivity index (χ3n) is 3.71. The Balaban J connectivity index is 2.28. The maximum atomic E-state index is 3.52. The molecule has 0 aliphatic heterocycles. The van der Waals surface area contributed by atoms with Crippen molar-refractivity contribution in [1.82, 2.24) is 5.32 Å². The molecule has 1 saturated carbocycles. The van der Waals surface area contributed by atoms with E-state index in [1.54, 1.807) is 0 Å². The molecule has 0 aromatic heterocycles. The predicted molar refractivity (Wildman–Crippen MR) is 63.6 cm³/mol. The van der Waals surface area contributed by atoms with Gasteiger partial charge in [0.25, 0.3) is 0 Å². The molecule has 1 N–H and O–H groups in total. The van der Waals surface area contributed by atoms with Crippen molar-refractivity contribution in [3.05, 3.63) is 0 Å². The highest BCUT2D eigenvalue weighted by Gasteiger charge is 2.21. The van der Waals surface area contributed by atoms with E-state index in [1.807, 2.05) is 0 Å². The highest BCUT2D eigenvalue weighted by Crippen LogP contribution is 2.27. The van der Waals surface area contributed by atoms with E-state index in [1.165, 1.54) is 57.8 Å². The van der Waals surface area contributed by atoms with Crippen LogP contribution < -0.4 is 5.32 Å². The molecule has 0 aromatic rings. The molecule has 1 aliphatic carbocycles. The Morgan fingerprint density at radius 1 is 1.07 bits per heavy atom. The second-order valence-corrected chi connectivity index (χ2v) is 4.79. The number of hydrogen-bond acceptors (Lipinski definition) is 1. The fourth-order valence-electron chi connectivity index (χ4n) is 2.77. The van der Waals surface area contributed by atoms with Gasteiger partial charge in [0.1, 0.15) is 0 Å². The van der Waals surface area contributed by atoms with Gasteiger partial charge >= 0.3 is 0 Å². The topological polar surface area (TPSA) is 12.0 Å². The van der Waals surface area contributed by atoms with Crippen LogP contribution in [-0.4, -0.2) is 13.1 Å². The average molecular weight is 197 g/mol. The summed E-state index contributed by atoms with van der Waals surface area (Å²) < 4.78 is 0. The van der Waals surface area contributed by atoms with Gasteiger partial charge in [0.2, 0.25) is 0 Å². The highest BCUT2D eigenvalue weighted by molar-refractivity contribution is 4.78. The summed E-state index contributed by atoms with van der Waals surface area (Å²) in [5.41, 5.74) is 0. The van der Waals surface area contributed by atoms with E-state index in [9.17, 15) is 0 Å². The maximum Gasteiger partial charge on any atom is 0.00923 e. The van der Waals surface area contributed by atoms with Gasteiger partial charge in [-0.25, -0.2) is 0 Å². The fourth-order valence-corrected chi connectivity index (χ4v) is 2.77. The van der Waals surface area contributed by atoms with Crippen LogP contribution in [0.5, 0.6) is 0 Å². The number of hydrogen-bond donors (Lipinski definition) is 1. The molecule has 14 heavy (non-hydrogen) atoms. The van der Waals surface area contributed by atoms with Crippen molar-refractivity contribution in [2.24, 2.45) is 5.92 Å². The normalized spacial score (nSPS) is 28.7. The first-order valence-electron chi connectivity index (χ1n) is 6.55. The largest absolute Gasteiger partial charge is 0.317 e. The minimum absolute atomic E-state index is 0.814. The molecule has 1 nitrogen and oxygen atoms in total. The van der Waals surface area contributed by atoms with Crippen LogP contribution in [0.25, 0.3) is 0 Å². The first-order chi connectivity index (χ1) is 6.88. The van der Waals surface area contributed by atoms with E-state index in [-0.39, 0.29) is 0 Å². The predicted octanol–water partition coefficient (Wildman–Crippen LogP) is 3.74. The van der Waals surface area contributed by atoms with Crippen LogP contribution in [0.15, 0.2) is 0 Å². The minimum atomic E-state index is 0.814. The van der Waals surface area contributed by atoms with Crippen LogP contribution in [-0.2, 0) is 0 Å². The van der Waals surface area contributed by atoms with Crippen molar-refractivity contribution in [3.63, 3.8) is 0 Å². The summed E-state index contributed by atoms with van der Waals surface area (Å²) >= 11 is 0. The molecular formula is C13H27N. The Morgan fingerprint density at radius 3 is 2.57 bits per heavy atom. The summed E-state index contributed by atoms with van der Waals surface area (Å²) in [5.74, 6) is 0.967. The van der Waals surface area contributed by atoms with Crippen LogP contribution in [0.1, 0.15) is 64.7 Å². The smallest absolute Gasteiger partial charge is 0.00923 e. The number of nitrogens with one attached hydrogen (secondary N) is 1. The molecule has 0 bridgehead atoms. The van der Waals surface area contributed by atoms with Crippen LogP contribution in [0.2, 0.25) is 0 Å². The first-order valence-corrected chi connectivity index (χ1v) is 6.55. The van der Waals surface area contributed by atoms with Gasteiger partial charge in [-0.3, -0.25) is 0 Å². The lowest BCUT2D eigenvalue weighted by molar-refractivity contribution is 0.322. The monoisotopic (exact) mass is 197 g/mol. The highest BCUT2D eigenvalue weighted by atomic mass is 14.9. The molecule has 2 atom stereocenters. The molecule has 2 unspecified atom stereocenters. The molecule has 0 saturated heterocycles. The lowest BCUT2D eigenvalue weighted by Gasteiger charge is -2.24. The summed E-state index contributed by atoms with van der Waals surface area (Å²) in [6.07, 6.45) is 12.9. The molecule has 1 rings (SSSR count). The van der Waals surface area contributed by atoms with Crippen molar-refractivity contribution in [2.75, 3.05) is 7.05 Å². The Morgan fingerprint density at radius 2 is 1.86 bits per heavy atom. The van der Waals surface area contributed by atoms with Gasteiger partial charge in [-0.15, -0.1) is 0 Å². The molecule has 0 amide bonds. The molecule has 0 aromatic carbocycles. The molecule has 84 valence electrons. The van der Waals surface area contributed by atoms with Crippen LogP contribution >= 0.6 is 0 Å². The third-order valence-corrected chi connectivity index (χ3v) is 3.71. The average Bonchev–Trinajstić information content (AvgIpc) is 2.43. The summed E-state index contributed by atoms with van der Waals surface area (Å²) in [5, 5.41) is 3.52. The second-order valence-electron chi connectivity index (χ2n) is 4.79. The van der Waals surface area contributed by atoms with Crippen LogP contribution in [0, 0.1) is 5.92 Å². The molecule has 0 spiro atoms. The maximum absolute atomic E-state index is 3.52. The molecule has 1 fully saturated rings. The zero-order chi connectivity index (χ0) is 10.2. The van der Waals surface area contributed by atoms with E-state index in [0.29, 0.717) is 0 Å². The zero-order valence-electron chi connectivity index (χ0n) is 10.0. The quantitative estimate of drug-likeness (QED) is 0.523. The Labute approximate surface area is 89.7 Å². The standard InChI is InChI=1S/C13H27N/c1-3-4-6-9-12-10-7-5-8-11-13(12)14-2/h12-14H,3-11H2,1-2H3. The van der Waals surface area contributed by atoms with Crippen molar-refractivity contribution in [3.8, 4) is 0 Å². The SMILES string of the molecule is CCCCCC1CCCCCC1NC. The molecule has 1 aliphatic rings. The summed E-state index contributed by atoms with van der Waals surface area (Å²) in [4.78, 5) is 0. The second kappa shape index (κ2) is 7.28. The van der Waals surface area contributed by atoms with Crippen LogP contribution in [0.3, 0.4) is 0 Å². The van der Waals surface area contributed by atoms with Gasteiger partial charge < -0.3 is 5.32 Å². The molecule has 1 heteroatoms. The summed E-state index contributed by atoms with van der Waals surface area (Å²) in [7, 11) is 2.14. The number of rotatable bonds is 5. The van der Waals surface area contributed by atoms with E-state index in [0.717, 1.165) is 12.0 Å². The minimum Gasteiger partial charge on any atom is -0.317 e. The lowest BCUT2D eigenvalue weighted by atomic mass is 9.89. The zero-order valence-corrected chi connectivity index (χ0v) is 10.0. The van der Waals surface area contributed by atoms with E-state index in [2.05, 4.69) is 19.3 Å². The summed E-state index contributed by atoms with van der Waals surface area (Å²) in [6, 6.07) is 0.814. The van der Waals surface area contributed by atoms with Gasteiger partial charge in [0, 0.05) is 6.04 Å². The Hall–Kier alpha value is -0.0400. The summed E-state index contributed by atoms with van der Waals surface area (Å²) in [6.45, 7) is 2.29. The van der Waals surface area contributed by atoms with Crippen molar-refractivity contribution in [1.29, 1.82) is 0 Å². The fraction of sp³-hybridized carbons (Fsp3) is 1.00. The molecule has 0 heterocycles. The van der Waals surface area contributed by atoms with Gasteiger partial charge in [0.05, 0.1) is 0 Å². The Bertz CT molecular complexity index is 133. The van der Waals surface area contributed by atoms with Crippen molar-refractivity contribution < 1.29 is 0 Å². The Kier molecular flexibility index (Phi) is 6.25. The lowest BCUT2D eigenvalue weighted by Crippen LogP contribution is -2.32. The van der Waals surface area contributed by atoms with Gasteiger partial charge in [0.15, 0.2) is 0 Å².